The van der Waals surface area contributed by atoms with E-state index < -0.39 is 17.4 Å². The standard InChI is InChI=1S/C24H30ClNO3S/c1-16(2)21(13-14-25)24(17(3)4,23(27)28)22(26-30)18-9-8-12-20(15-18)29-19-10-6-5-7-11-19/h5-17,21-22,26,30H,1-4H3,(H,27,28). The molecule has 2 N–H and O–H groups in total. The van der Waals surface area contributed by atoms with Crippen molar-refractivity contribution in [3.05, 3.63) is 71.8 Å². The van der Waals surface area contributed by atoms with Crippen LogP contribution in [0.25, 0.3) is 0 Å². The molecule has 3 atom stereocenters. The summed E-state index contributed by atoms with van der Waals surface area (Å²) in [6, 6.07) is 16.4. The van der Waals surface area contributed by atoms with Crippen molar-refractivity contribution < 1.29 is 14.6 Å². The smallest absolute Gasteiger partial charge is 0.312 e. The van der Waals surface area contributed by atoms with Gasteiger partial charge < -0.3 is 9.84 Å². The van der Waals surface area contributed by atoms with Crippen LogP contribution in [-0.4, -0.2) is 11.1 Å². The summed E-state index contributed by atoms with van der Waals surface area (Å²) in [5.41, 5.74) is 1.00. The normalized spacial score (nSPS) is 15.9. The van der Waals surface area contributed by atoms with E-state index in [1.807, 2.05) is 82.3 Å². The number of hydrogen-bond acceptors (Lipinski definition) is 4. The van der Waals surface area contributed by atoms with Crippen LogP contribution in [0.15, 0.2) is 66.2 Å². The van der Waals surface area contributed by atoms with E-state index in [1.54, 1.807) is 6.08 Å². The number of aliphatic carboxylic acids is 1. The minimum atomic E-state index is -1.19. The third-order valence-electron chi connectivity index (χ3n) is 5.65. The molecule has 30 heavy (non-hydrogen) atoms. The summed E-state index contributed by atoms with van der Waals surface area (Å²) in [4.78, 5) is 12.9. The molecular weight excluding hydrogens is 418 g/mol. The summed E-state index contributed by atoms with van der Waals surface area (Å²) in [6.07, 6.45) is 1.78. The lowest BCUT2D eigenvalue weighted by molar-refractivity contribution is -0.159. The van der Waals surface area contributed by atoms with Gasteiger partial charge in [0.1, 0.15) is 11.5 Å². The molecule has 0 bridgehead atoms. The number of carboxylic acid groups (broad SMARTS) is 1. The van der Waals surface area contributed by atoms with Gasteiger partial charge in [-0.2, -0.15) is 0 Å². The van der Waals surface area contributed by atoms with Crippen molar-refractivity contribution in [2.75, 3.05) is 0 Å². The van der Waals surface area contributed by atoms with Gasteiger partial charge in [0.2, 0.25) is 0 Å². The second-order valence-corrected chi connectivity index (χ2v) is 8.54. The van der Waals surface area contributed by atoms with Crippen molar-refractivity contribution in [3.8, 4) is 11.5 Å². The minimum absolute atomic E-state index is 0.0476. The second-order valence-electron chi connectivity index (χ2n) is 8.03. The van der Waals surface area contributed by atoms with Gasteiger partial charge in [-0.1, -0.05) is 88.5 Å². The van der Waals surface area contributed by atoms with Crippen molar-refractivity contribution >= 4 is 30.4 Å². The molecule has 0 aliphatic rings. The summed E-state index contributed by atoms with van der Waals surface area (Å²) in [7, 11) is 0. The number of halogens is 1. The fourth-order valence-corrected chi connectivity index (χ4v) is 4.79. The maximum atomic E-state index is 12.9. The van der Waals surface area contributed by atoms with E-state index >= 15 is 0 Å². The number of carboxylic acids is 1. The molecule has 0 spiro atoms. The number of para-hydroxylation sites is 1. The van der Waals surface area contributed by atoms with Crippen LogP contribution in [0.3, 0.4) is 0 Å². The van der Waals surface area contributed by atoms with Crippen molar-refractivity contribution in [2.45, 2.75) is 33.7 Å². The number of benzene rings is 2. The largest absolute Gasteiger partial charge is 0.481 e. The molecule has 2 aromatic rings. The molecule has 0 aliphatic carbocycles. The fraction of sp³-hybridized carbons (Fsp3) is 0.375. The quantitative estimate of drug-likeness (QED) is 0.354. The van der Waals surface area contributed by atoms with Crippen LogP contribution >= 0.6 is 24.4 Å². The maximum absolute atomic E-state index is 12.9. The molecule has 2 rings (SSSR count). The summed E-state index contributed by atoms with van der Waals surface area (Å²) in [6.45, 7) is 7.86. The second kappa shape index (κ2) is 10.9. The van der Waals surface area contributed by atoms with Gasteiger partial charge in [-0.25, -0.2) is 0 Å². The highest BCUT2D eigenvalue weighted by Gasteiger charge is 2.54. The van der Waals surface area contributed by atoms with E-state index in [2.05, 4.69) is 17.5 Å². The first-order valence-electron chi connectivity index (χ1n) is 10.0. The average molecular weight is 448 g/mol. The molecule has 0 aliphatic heterocycles. The van der Waals surface area contributed by atoms with Crippen LogP contribution in [-0.2, 0) is 4.79 Å². The monoisotopic (exact) mass is 447 g/mol. The highest BCUT2D eigenvalue weighted by molar-refractivity contribution is 7.78. The zero-order valence-electron chi connectivity index (χ0n) is 17.7. The summed E-state index contributed by atoms with van der Waals surface area (Å²) in [5, 5.41) is 10.5. The number of thiol groups is 1. The number of hydrogen-bond donors (Lipinski definition) is 3. The molecule has 0 saturated carbocycles. The Morgan fingerprint density at radius 1 is 1.10 bits per heavy atom. The molecule has 0 saturated heterocycles. The predicted octanol–water partition coefficient (Wildman–Crippen LogP) is 6.71. The molecule has 0 aromatic heterocycles. The van der Waals surface area contributed by atoms with E-state index in [9.17, 15) is 9.90 Å². The van der Waals surface area contributed by atoms with Crippen LogP contribution in [0.2, 0.25) is 0 Å². The van der Waals surface area contributed by atoms with Gasteiger partial charge in [-0.05, 0) is 47.6 Å². The van der Waals surface area contributed by atoms with Gasteiger partial charge >= 0.3 is 5.97 Å². The van der Waals surface area contributed by atoms with E-state index in [4.69, 9.17) is 16.3 Å². The topological polar surface area (TPSA) is 58.6 Å². The zero-order valence-corrected chi connectivity index (χ0v) is 19.4. The minimum Gasteiger partial charge on any atom is -0.481 e. The molecule has 4 nitrogen and oxygen atoms in total. The number of nitrogens with one attached hydrogen (secondary N) is 1. The Balaban J connectivity index is 2.59. The van der Waals surface area contributed by atoms with Crippen molar-refractivity contribution in [1.29, 1.82) is 0 Å². The van der Waals surface area contributed by atoms with E-state index in [0.717, 1.165) is 5.56 Å². The van der Waals surface area contributed by atoms with Crippen LogP contribution in [0.5, 0.6) is 11.5 Å². The van der Waals surface area contributed by atoms with Gasteiger partial charge in [-0.15, -0.1) is 0 Å². The summed E-state index contributed by atoms with van der Waals surface area (Å²) >= 11 is 10.3. The lowest BCUT2D eigenvalue weighted by Crippen LogP contribution is -2.52. The van der Waals surface area contributed by atoms with Crippen LogP contribution in [0.1, 0.15) is 39.3 Å². The maximum Gasteiger partial charge on any atom is 0.312 e. The molecule has 2 aromatic carbocycles. The Bertz CT molecular complexity index is 857. The fourth-order valence-electron chi connectivity index (χ4n) is 4.27. The van der Waals surface area contributed by atoms with Gasteiger partial charge in [-0.3, -0.25) is 9.52 Å². The van der Waals surface area contributed by atoms with Gasteiger partial charge in [0.05, 0.1) is 11.5 Å². The number of carbonyl (C=O) groups is 1. The molecule has 0 heterocycles. The Labute approximate surface area is 189 Å². The first kappa shape index (κ1) is 24.3. The first-order chi connectivity index (χ1) is 14.3. The Hall–Kier alpha value is -1.95. The molecular formula is C24H30ClNO3S. The van der Waals surface area contributed by atoms with Gasteiger partial charge in [0, 0.05) is 5.54 Å². The number of ether oxygens (including phenoxy) is 1. The Morgan fingerprint density at radius 3 is 2.23 bits per heavy atom. The van der Waals surface area contributed by atoms with Crippen LogP contribution in [0.4, 0.5) is 0 Å². The van der Waals surface area contributed by atoms with Gasteiger partial charge in [0.15, 0.2) is 0 Å². The van der Waals surface area contributed by atoms with E-state index in [-0.39, 0.29) is 17.8 Å². The summed E-state index contributed by atoms with van der Waals surface area (Å²) in [5.74, 6) is -0.0411. The molecule has 0 amide bonds. The predicted molar refractivity (Wildman–Crippen MR) is 126 cm³/mol. The molecule has 0 fully saturated rings. The van der Waals surface area contributed by atoms with Crippen LogP contribution < -0.4 is 9.46 Å². The highest BCUT2D eigenvalue weighted by Crippen LogP contribution is 2.51. The molecule has 0 radical (unpaired) electrons. The summed E-state index contributed by atoms with van der Waals surface area (Å²) < 4.78 is 8.96. The first-order valence-corrected chi connectivity index (χ1v) is 10.9. The Morgan fingerprint density at radius 2 is 1.73 bits per heavy atom. The van der Waals surface area contributed by atoms with E-state index in [1.165, 1.54) is 5.54 Å². The third-order valence-corrected chi connectivity index (χ3v) is 6.06. The molecule has 6 heteroatoms. The van der Waals surface area contributed by atoms with Crippen LogP contribution in [0, 0.1) is 23.2 Å². The molecule has 3 unspecified atom stereocenters. The van der Waals surface area contributed by atoms with Gasteiger partial charge in [0.25, 0.3) is 0 Å². The lowest BCUT2D eigenvalue weighted by Gasteiger charge is -2.46. The van der Waals surface area contributed by atoms with Crippen molar-refractivity contribution in [2.24, 2.45) is 23.2 Å². The van der Waals surface area contributed by atoms with Crippen molar-refractivity contribution in [3.63, 3.8) is 0 Å². The highest BCUT2D eigenvalue weighted by atomic mass is 35.5. The SMILES string of the molecule is CC(C)C(C=CCl)C(C(=O)O)(C(C)C)C(NS)c1cccc(Oc2ccccc2)c1. The van der Waals surface area contributed by atoms with E-state index in [0.29, 0.717) is 11.5 Å². The average Bonchev–Trinajstić information content (AvgIpc) is 2.70. The Kier molecular flexibility index (Phi) is 8.83. The number of allylic oxidation sites excluding steroid dienone is 1. The zero-order chi connectivity index (χ0) is 22.3. The molecule has 162 valence electrons. The third kappa shape index (κ3) is 5.02. The van der Waals surface area contributed by atoms with Crippen molar-refractivity contribution in [1.82, 2.24) is 4.72 Å². The lowest BCUT2D eigenvalue weighted by atomic mass is 9.58. The number of rotatable bonds is 10.